The van der Waals surface area contributed by atoms with Crippen molar-refractivity contribution in [2.24, 2.45) is 0 Å². The SMILES string of the molecule is CCOC(=O)c1c(-c2ccc(C)o2)csc1NC(=O)COc1ccccc1OC. The maximum atomic E-state index is 12.5. The molecular formula is C21H21NO6S. The Bertz CT molecular complexity index is 1010. The van der Waals surface area contributed by atoms with Crippen LogP contribution < -0.4 is 14.8 Å². The summed E-state index contributed by atoms with van der Waals surface area (Å²) in [6.45, 7) is 3.52. The van der Waals surface area contributed by atoms with Gasteiger partial charge in [-0.3, -0.25) is 4.79 Å². The van der Waals surface area contributed by atoms with Crippen LogP contribution in [0.3, 0.4) is 0 Å². The number of benzene rings is 1. The summed E-state index contributed by atoms with van der Waals surface area (Å²) in [5.41, 5.74) is 0.833. The van der Waals surface area contributed by atoms with Crippen molar-refractivity contribution in [2.75, 3.05) is 25.6 Å². The number of rotatable bonds is 8. The van der Waals surface area contributed by atoms with Crippen molar-refractivity contribution >= 4 is 28.2 Å². The summed E-state index contributed by atoms with van der Waals surface area (Å²) < 4.78 is 21.5. The summed E-state index contributed by atoms with van der Waals surface area (Å²) in [4.78, 5) is 24.9. The second kappa shape index (κ2) is 9.29. The Balaban J connectivity index is 1.78. The van der Waals surface area contributed by atoms with E-state index in [1.165, 1.54) is 18.4 Å². The van der Waals surface area contributed by atoms with E-state index < -0.39 is 11.9 Å². The number of methoxy groups -OCH3 is 1. The number of hydrogen-bond donors (Lipinski definition) is 1. The number of amides is 1. The molecule has 29 heavy (non-hydrogen) atoms. The number of carbonyl (C=O) groups excluding carboxylic acids is 2. The van der Waals surface area contributed by atoms with E-state index in [4.69, 9.17) is 18.6 Å². The third-order valence-electron chi connectivity index (χ3n) is 3.96. The number of thiophene rings is 1. The first kappa shape index (κ1) is 20.5. The maximum absolute atomic E-state index is 12.5. The number of carbonyl (C=O) groups is 2. The average molecular weight is 415 g/mol. The summed E-state index contributed by atoms with van der Waals surface area (Å²) in [5.74, 6) is 1.29. The lowest BCUT2D eigenvalue weighted by atomic mass is 10.1. The third kappa shape index (κ3) is 4.78. The number of furan rings is 1. The molecule has 1 amide bonds. The Morgan fingerprint density at radius 1 is 1.14 bits per heavy atom. The predicted molar refractivity (Wildman–Crippen MR) is 110 cm³/mol. The van der Waals surface area contributed by atoms with Crippen molar-refractivity contribution in [1.29, 1.82) is 0 Å². The summed E-state index contributed by atoms with van der Waals surface area (Å²) >= 11 is 1.22. The van der Waals surface area contributed by atoms with Gasteiger partial charge in [0.25, 0.3) is 5.91 Å². The van der Waals surface area contributed by atoms with Crippen LogP contribution in [0.15, 0.2) is 46.2 Å². The van der Waals surface area contributed by atoms with Crippen LogP contribution in [0, 0.1) is 6.92 Å². The molecule has 8 heteroatoms. The van der Waals surface area contributed by atoms with Gasteiger partial charge in [0.1, 0.15) is 22.1 Å². The van der Waals surface area contributed by atoms with E-state index >= 15 is 0 Å². The van der Waals surface area contributed by atoms with Gasteiger partial charge in [-0.05, 0) is 38.1 Å². The van der Waals surface area contributed by atoms with E-state index in [0.29, 0.717) is 27.8 Å². The number of para-hydroxylation sites is 2. The molecule has 0 atom stereocenters. The van der Waals surface area contributed by atoms with Crippen molar-refractivity contribution in [3.8, 4) is 22.8 Å². The zero-order valence-electron chi connectivity index (χ0n) is 16.3. The Morgan fingerprint density at radius 2 is 1.90 bits per heavy atom. The highest BCUT2D eigenvalue weighted by Gasteiger charge is 2.24. The molecular weight excluding hydrogens is 394 g/mol. The van der Waals surface area contributed by atoms with Crippen LogP contribution in [-0.2, 0) is 9.53 Å². The predicted octanol–water partition coefficient (Wildman–Crippen LogP) is 4.52. The van der Waals surface area contributed by atoms with Gasteiger partial charge in [0.05, 0.1) is 13.7 Å². The van der Waals surface area contributed by atoms with E-state index in [9.17, 15) is 9.59 Å². The third-order valence-corrected chi connectivity index (χ3v) is 4.85. The molecule has 0 saturated carbocycles. The lowest BCUT2D eigenvalue weighted by Crippen LogP contribution is -2.21. The fraction of sp³-hybridized carbons (Fsp3) is 0.238. The number of ether oxygens (including phenoxy) is 3. The van der Waals surface area contributed by atoms with Crippen molar-refractivity contribution in [2.45, 2.75) is 13.8 Å². The topological polar surface area (TPSA) is 87.0 Å². The maximum Gasteiger partial charge on any atom is 0.341 e. The molecule has 0 radical (unpaired) electrons. The highest BCUT2D eigenvalue weighted by molar-refractivity contribution is 7.15. The lowest BCUT2D eigenvalue weighted by Gasteiger charge is -2.11. The van der Waals surface area contributed by atoms with Crippen LogP contribution in [0.5, 0.6) is 11.5 Å². The van der Waals surface area contributed by atoms with Gasteiger partial charge < -0.3 is 23.9 Å². The highest BCUT2D eigenvalue weighted by atomic mass is 32.1. The quantitative estimate of drug-likeness (QED) is 0.545. The lowest BCUT2D eigenvalue weighted by molar-refractivity contribution is -0.118. The zero-order chi connectivity index (χ0) is 20.8. The Labute approximate surface area is 172 Å². The van der Waals surface area contributed by atoms with Gasteiger partial charge in [0.2, 0.25) is 0 Å². The summed E-state index contributed by atoms with van der Waals surface area (Å²) in [6, 6.07) is 10.6. The van der Waals surface area contributed by atoms with Crippen molar-refractivity contribution in [1.82, 2.24) is 0 Å². The Morgan fingerprint density at radius 3 is 2.55 bits per heavy atom. The summed E-state index contributed by atoms with van der Waals surface area (Å²) in [7, 11) is 1.53. The van der Waals surface area contributed by atoms with Crippen LogP contribution in [0.1, 0.15) is 23.0 Å². The number of hydrogen-bond acceptors (Lipinski definition) is 7. The molecule has 2 aromatic heterocycles. The largest absolute Gasteiger partial charge is 0.493 e. The molecule has 0 spiro atoms. The molecule has 0 bridgehead atoms. The molecule has 7 nitrogen and oxygen atoms in total. The number of nitrogens with one attached hydrogen (secondary N) is 1. The van der Waals surface area contributed by atoms with E-state index in [0.717, 1.165) is 5.76 Å². The van der Waals surface area contributed by atoms with E-state index in [-0.39, 0.29) is 18.8 Å². The Kier molecular flexibility index (Phi) is 6.56. The molecule has 2 heterocycles. The van der Waals surface area contributed by atoms with Crippen molar-refractivity contribution in [3.63, 3.8) is 0 Å². The molecule has 1 N–H and O–H groups in total. The fourth-order valence-corrected chi connectivity index (χ4v) is 3.61. The Hall–Kier alpha value is -3.26. The van der Waals surface area contributed by atoms with Crippen LogP contribution in [-0.4, -0.2) is 32.2 Å². The van der Waals surface area contributed by atoms with Gasteiger partial charge in [-0.15, -0.1) is 11.3 Å². The second-order valence-electron chi connectivity index (χ2n) is 5.97. The van der Waals surface area contributed by atoms with Gasteiger partial charge in [-0.25, -0.2) is 4.79 Å². The number of aryl methyl sites for hydroxylation is 1. The minimum atomic E-state index is -0.529. The van der Waals surface area contributed by atoms with Crippen LogP contribution in [0.2, 0.25) is 0 Å². The standard InChI is InChI=1S/C21H21NO6S/c1-4-26-21(24)19-14(15-10-9-13(2)28-15)12-29-20(19)22-18(23)11-27-17-8-6-5-7-16(17)25-3/h5-10,12H,4,11H2,1-3H3,(H,22,23). The van der Waals surface area contributed by atoms with Crippen LogP contribution in [0.25, 0.3) is 11.3 Å². The molecule has 152 valence electrons. The average Bonchev–Trinajstić information content (AvgIpc) is 3.32. The number of esters is 1. The van der Waals surface area contributed by atoms with Gasteiger partial charge in [-0.1, -0.05) is 12.1 Å². The van der Waals surface area contributed by atoms with E-state index in [2.05, 4.69) is 5.32 Å². The highest BCUT2D eigenvalue weighted by Crippen LogP contribution is 2.37. The fourth-order valence-electron chi connectivity index (χ4n) is 2.66. The van der Waals surface area contributed by atoms with Gasteiger partial charge in [-0.2, -0.15) is 0 Å². The first-order valence-corrected chi connectivity index (χ1v) is 9.82. The van der Waals surface area contributed by atoms with Crippen molar-refractivity contribution in [3.05, 3.63) is 53.1 Å². The minimum Gasteiger partial charge on any atom is -0.493 e. The molecule has 0 aliphatic heterocycles. The monoisotopic (exact) mass is 415 g/mol. The first-order valence-electron chi connectivity index (χ1n) is 8.94. The first-order chi connectivity index (χ1) is 14.0. The minimum absolute atomic E-state index is 0.218. The van der Waals surface area contributed by atoms with Crippen molar-refractivity contribution < 1.29 is 28.2 Å². The zero-order valence-corrected chi connectivity index (χ0v) is 17.1. The number of anilines is 1. The molecule has 0 saturated heterocycles. The second-order valence-corrected chi connectivity index (χ2v) is 6.85. The van der Waals surface area contributed by atoms with E-state index in [1.807, 2.05) is 6.92 Å². The molecule has 3 rings (SSSR count). The van der Waals surface area contributed by atoms with Crippen LogP contribution in [0.4, 0.5) is 5.00 Å². The molecule has 0 aliphatic rings. The van der Waals surface area contributed by atoms with Crippen LogP contribution >= 0.6 is 11.3 Å². The van der Waals surface area contributed by atoms with Gasteiger partial charge >= 0.3 is 5.97 Å². The van der Waals surface area contributed by atoms with Gasteiger partial charge in [0, 0.05) is 10.9 Å². The summed E-state index contributed by atoms with van der Waals surface area (Å²) in [5, 5.41) is 4.85. The molecule has 1 aromatic carbocycles. The van der Waals surface area contributed by atoms with E-state index in [1.54, 1.807) is 48.7 Å². The molecule has 0 unspecified atom stereocenters. The van der Waals surface area contributed by atoms with Gasteiger partial charge in [0.15, 0.2) is 18.1 Å². The normalized spacial score (nSPS) is 10.4. The molecule has 3 aromatic rings. The summed E-state index contributed by atoms with van der Waals surface area (Å²) in [6.07, 6.45) is 0. The molecule has 0 aliphatic carbocycles. The smallest absolute Gasteiger partial charge is 0.341 e. The molecule has 0 fully saturated rings.